The van der Waals surface area contributed by atoms with Crippen LogP contribution in [0.25, 0.3) is 99.5 Å². The SMILES string of the molecule is c1ccc(-c2cccc(-c3nc(-c4ccccc4)nc(-c4ccc(-c5cc6ccc7ccccc7c6c6ccc7ccccc7c56)cc4)n3)c2)cc1. The van der Waals surface area contributed by atoms with Gasteiger partial charge in [0.15, 0.2) is 17.5 Å². The van der Waals surface area contributed by atoms with E-state index in [1.165, 1.54) is 48.7 Å². The van der Waals surface area contributed by atoms with Crippen LogP contribution in [0.2, 0.25) is 0 Å². The fourth-order valence-corrected chi connectivity index (χ4v) is 7.55. The molecule has 3 heteroatoms. The van der Waals surface area contributed by atoms with Crippen LogP contribution < -0.4 is 0 Å². The zero-order valence-electron chi connectivity index (χ0n) is 28.2. The molecule has 0 unspecified atom stereocenters. The van der Waals surface area contributed by atoms with Gasteiger partial charge in [-0.3, -0.25) is 0 Å². The van der Waals surface area contributed by atoms with Crippen LogP contribution in [-0.2, 0) is 0 Å². The Hall–Kier alpha value is -6.97. The molecular formula is C49H31N3. The van der Waals surface area contributed by atoms with Gasteiger partial charge in [-0.2, -0.15) is 0 Å². The zero-order chi connectivity index (χ0) is 34.4. The minimum atomic E-state index is 0.640. The molecule has 0 saturated heterocycles. The number of nitrogens with zero attached hydrogens (tertiary/aromatic N) is 3. The molecule has 0 atom stereocenters. The van der Waals surface area contributed by atoms with Crippen molar-refractivity contribution in [3.05, 3.63) is 188 Å². The van der Waals surface area contributed by atoms with Gasteiger partial charge in [-0.15, -0.1) is 0 Å². The lowest BCUT2D eigenvalue weighted by molar-refractivity contribution is 1.07. The van der Waals surface area contributed by atoms with Crippen LogP contribution in [0.4, 0.5) is 0 Å². The molecule has 52 heavy (non-hydrogen) atoms. The van der Waals surface area contributed by atoms with Gasteiger partial charge < -0.3 is 0 Å². The van der Waals surface area contributed by atoms with E-state index in [9.17, 15) is 0 Å². The highest BCUT2D eigenvalue weighted by atomic mass is 15.0. The molecule has 0 N–H and O–H groups in total. The van der Waals surface area contributed by atoms with Gasteiger partial charge >= 0.3 is 0 Å². The first-order chi connectivity index (χ1) is 25.8. The van der Waals surface area contributed by atoms with E-state index in [4.69, 9.17) is 15.0 Å². The summed E-state index contributed by atoms with van der Waals surface area (Å²) in [5, 5.41) is 10.1. The Bertz CT molecular complexity index is 2930. The molecule has 10 aromatic rings. The van der Waals surface area contributed by atoms with Gasteiger partial charge in [-0.05, 0) is 77.5 Å². The van der Waals surface area contributed by atoms with E-state index in [1.807, 2.05) is 36.4 Å². The maximum atomic E-state index is 5.08. The predicted molar refractivity (Wildman–Crippen MR) is 217 cm³/mol. The van der Waals surface area contributed by atoms with Gasteiger partial charge in [-0.1, -0.05) is 176 Å². The maximum absolute atomic E-state index is 5.08. The molecule has 0 bridgehead atoms. The lowest BCUT2D eigenvalue weighted by Crippen LogP contribution is -2.00. The van der Waals surface area contributed by atoms with E-state index >= 15 is 0 Å². The second-order valence-electron chi connectivity index (χ2n) is 13.2. The summed E-state index contributed by atoms with van der Waals surface area (Å²) in [7, 11) is 0. The predicted octanol–water partition coefficient (Wildman–Crippen LogP) is 12.8. The summed E-state index contributed by atoms with van der Waals surface area (Å²) in [6.45, 7) is 0. The van der Waals surface area contributed by atoms with Crippen molar-refractivity contribution in [1.29, 1.82) is 0 Å². The molecule has 1 heterocycles. The summed E-state index contributed by atoms with van der Waals surface area (Å²) in [6, 6.07) is 66.5. The highest BCUT2D eigenvalue weighted by Crippen LogP contribution is 2.42. The van der Waals surface area contributed by atoms with Crippen LogP contribution in [0, 0.1) is 0 Å². The van der Waals surface area contributed by atoms with E-state index < -0.39 is 0 Å². The van der Waals surface area contributed by atoms with Crippen LogP contribution in [0.15, 0.2) is 188 Å². The second-order valence-corrected chi connectivity index (χ2v) is 13.2. The molecule has 0 fully saturated rings. The van der Waals surface area contributed by atoms with Gasteiger partial charge in [0.05, 0.1) is 0 Å². The maximum Gasteiger partial charge on any atom is 0.164 e. The van der Waals surface area contributed by atoms with Crippen LogP contribution >= 0.6 is 0 Å². The highest BCUT2D eigenvalue weighted by Gasteiger charge is 2.16. The van der Waals surface area contributed by atoms with Crippen LogP contribution in [0.3, 0.4) is 0 Å². The van der Waals surface area contributed by atoms with Crippen LogP contribution in [0.5, 0.6) is 0 Å². The zero-order valence-corrected chi connectivity index (χ0v) is 28.2. The van der Waals surface area contributed by atoms with E-state index in [-0.39, 0.29) is 0 Å². The van der Waals surface area contributed by atoms with E-state index in [0.717, 1.165) is 33.4 Å². The standard InChI is InChI=1S/C49H31N3/c1-3-12-32(13-4-1)38-18-11-19-40(30-38)49-51-47(36-16-5-2-6-17-36)50-48(52-49)37-25-22-35(23-26-37)44-31-39-27-24-33-14-7-9-20-41(33)45(39)43-29-28-34-15-8-10-21-42(34)46(43)44/h1-31H. The van der Waals surface area contributed by atoms with Crippen LogP contribution in [-0.4, -0.2) is 15.0 Å². The smallest absolute Gasteiger partial charge is 0.164 e. The fraction of sp³-hybridized carbons (Fsp3) is 0. The summed E-state index contributed by atoms with van der Waals surface area (Å²) < 4.78 is 0. The Morgan fingerprint density at radius 3 is 1.42 bits per heavy atom. The quantitative estimate of drug-likeness (QED) is 0.172. The van der Waals surface area contributed by atoms with Crippen molar-refractivity contribution >= 4 is 43.1 Å². The third kappa shape index (κ3) is 5.19. The lowest BCUT2D eigenvalue weighted by Gasteiger charge is -2.16. The summed E-state index contributed by atoms with van der Waals surface area (Å²) in [4.78, 5) is 15.1. The lowest BCUT2D eigenvalue weighted by atomic mass is 9.88. The Labute approximate surface area is 301 Å². The number of aromatic nitrogens is 3. The third-order valence-corrected chi connectivity index (χ3v) is 10.1. The Morgan fingerprint density at radius 1 is 0.250 bits per heavy atom. The van der Waals surface area contributed by atoms with Crippen molar-refractivity contribution < 1.29 is 0 Å². The van der Waals surface area contributed by atoms with Gasteiger partial charge in [0, 0.05) is 16.7 Å². The Morgan fingerprint density at radius 2 is 0.731 bits per heavy atom. The van der Waals surface area contributed by atoms with Crippen molar-refractivity contribution in [2.45, 2.75) is 0 Å². The normalized spacial score (nSPS) is 11.5. The number of rotatable bonds is 5. The summed E-state index contributed by atoms with van der Waals surface area (Å²) in [6.07, 6.45) is 0. The summed E-state index contributed by atoms with van der Waals surface area (Å²) >= 11 is 0. The topological polar surface area (TPSA) is 38.7 Å². The number of fused-ring (bicyclic) bond motifs is 7. The molecule has 1 aromatic heterocycles. The number of hydrogen-bond donors (Lipinski definition) is 0. The van der Waals surface area contributed by atoms with Crippen molar-refractivity contribution in [2.75, 3.05) is 0 Å². The number of hydrogen-bond acceptors (Lipinski definition) is 3. The molecule has 9 aromatic carbocycles. The van der Waals surface area contributed by atoms with E-state index in [2.05, 4.69) is 152 Å². The highest BCUT2D eigenvalue weighted by molar-refractivity contribution is 6.28. The minimum absolute atomic E-state index is 0.640. The van der Waals surface area contributed by atoms with E-state index in [1.54, 1.807) is 0 Å². The van der Waals surface area contributed by atoms with Crippen molar-refractivity contribution in [3.63, 3.8) is 0 Å². The molecule has 0 saturated carbocycles. The molecule has 0 aliphatic rings. The molecule has 0 amide bonds. The first-order valence-corrected chi connectivity index (χ1v) is 17.6. The molecule has 0 radical (unpaired) electrons. The van der Waals surface area contributed by atoms with E-state index in [0.29, 0.717) is 17.5 Å². The van der Waals surface area contributed by atoms with Crippen LogP contribution in [0.1, 0.15) is 0 Å². The first kappa shape index (κ1) is 29.9. The molecule has 0 aliphatic carbocycles. The van der Waals surface area contributed by atoms with Crippen molar-refractivity contribution in [1.82, 2.24) is 15.0 Å². The Balaban J connectivity index is 1.14. The third-order valence-electron chi connectivity index (χ3n) is 10.1. The second kappa shape index (κ2) is 12.4. The average Bonchev–Trinajstić information content (AvgIpc) is 3.23. The van der Waals surface area contributed by atoms with Gasteiger partial charge in [0.1, 0.15) is 0 Å². The molecule has 10 rings (SSSR count). The minimum Gasteiger partial charge on any atom is -0.208 e. The summed E-state index contributed by atoms with van der Waals surface area (Å²) in [5.41, 5.74) is 7.46. The monoisotopic (exact) mass is 661 g/mol. The van der Waals surface area contributed by atoms with Gasteiger partial charge in [0.25, 0.3) is 0 Å². The largest absolute Gasteiger partial charge is 0.208 e. The average molecular weight is 662 g/mol. The van der Waals surface area contributed by atoms with Crippen molar-refractivity contribution in [3.8, 4) is 56.4 Å². The van der Waals surface area contributed by atoms with Crippen molar-refractivity contribution in [2.24, 2.45) is 0 Å². The van der Waals surface area contributed by atoms with Gasteiger partial charge in [-0.25, -0.2) is 15.0 Å². The summed E-state index contributed by atoms with van der Waals surface area (Å²) in [5.74, 6) is 1.93. The molecule has 3 nitrogen and oxygen atoms in total. The molecule has 242 valence electrons. The molecule has 0 spiro atoms. The molecular weight excluding hydrogens is 631 g/mol. The molecule has 0 aliphatic heterocycles. The number of benzene rings is 9. The first-order valence-electron chi connectivity index (χ1n) is 17.6. The van der Waals surface area contributed by atoms with Gasteiger partial charge in [0.2, 0.25) is 0 Å². The fourth-order valence-electron chi connectivity index (χ4n) is 7.55. The Kier molecular flexibility index (Phi) is 7.14.